The van der Waals surface area contributed by atoms with Gasteiger partial charge in [-0.15, -0.1) is 0 Å². The summed E-state index contributed by atoms with van der Waals surface area (Å²) < 4.78 is 2.03. The third kappa shape index (κ3) is 2.57. The molecule has 6 nitrogen and oxygen atoms in total. The first-order valence-electron chi connectivity index (χ1n) is 9.09. The van der Waals surface area contributed by atoms with Crippen molar-refractivity contribution < 1.29 is 0 Å². The van der Waals surface area contributed by atoms with E-state index in [1.807, 2.05) is 22.9 Å². The molecule has 2 aromatic heterocycles. The Hall–Kier alpha value is -3.25. The highest BCUT2D eigenvalue weighted by Gasteiger charge is 2.27. The zero-order valence-electron chi connectivity index (χ0n) is 14.8. The van der Waals surface area contributed by atoms with E-state index in [2.05, 4.69) is 40.3 Å². The van der Waals surface area contributed by atoms with Crippen LogP contribution in [0.4, 0.5) is 5.82 Å². The van der Waals surface area contributed by atoms with E-state index in [9.17, 15) is 0 Å². The molecule has 1 aliphatic carbocycles. The van der Waals surface area contributed by atoms with Crippen LogP contribution in [-0.2, 0) is 19.4 Å². The minimum absolute atomic E-state index is 0.227. The van der Waals surface area contributed by atoms with Crippen molar-refractivity contribution >= 4 is 16.9 Å². The van der Waals surface area contributed by atoms with Gasteiger partial charge in [-0.3, -0.25) is 0 Å². The van der Waals surface area contributed by atoms with Crippen molar-refractivity contribution in [1.82, 2.24) is 19.7 Å². The Labute approximate surface area is 156 Å². The van der Waals surface area contributed by atoms with Crippen LogP contribution in [0.1, 0.15) is 22.7 Å². The van der Waals surface area contributed by atoms with E-state index in [0.29, 0.717) is 12.4 Å². The Balaban J connectivity index is 1.68. The number of anilines is 1. The van der Waals surface area contributed by atoms with E-state index in [1.165, 1.54) is 17.5 Å². The number of aromatic nitrogens is 4. The highest BCUT2D eigenvalue weighted by molar-refractivity contribution is 5.98. The second kappa shape index (κ2) is 6.17. The van der Waals surface area contributed by atoms with Crippen LogP contribution in [0.2, 0.25) is 0 Å². The van der Waals surface area contributed by atoms with Gasteiger partial charge in [0.15, 0.2) is 5.65 Å². The van der Waals surface area contributed by atoms with Gasteiger partial charge in [0.25, 0.3) is 0 Å². The van der Waals surface area contributed by atoms with Crippen molar-refractivity contribution in [2.75, 3.05) is 5.73 Å². The Morgan fingerprint density at radius 2 is 1.78 bits per heavy atom. The maximum absolute atomic E-state index is 6.23. The second-order valence-corrected chi connectivity index (χ2v) is 6.99. The molecule has 0 aliphatic heterocycles. The summed E-state index contributed by atoms with van der Waals surface area (Å²) in [6.07, 6.45) is 3.40. The molecule has 27 heavy (non-hydrogen) atoms. The fourth-order valence-electron chi connectivity index (χ4n) is 4.01. The van der Waals surface area contributed by atoms with Gasteiger partial charge in [-0.1, -0.05) is 42.5 Å². The summed E-state index contributed by atoms with van der Waals surface area (Å²) in [5.74, 6) is 0.454. The molecule has 0 unspecified atom stereocenters. The average Bonchev–Trinajstić information content (AvgIpc) is 3.30. The maximum Gasteiger partial charge on any atom is 0.164 e. The third-order valence-electron chi connectivity index (χ3n) is 5.33. The molecule has 2 aromatic carbocycles. The maximum atomic E-state index is 6.23. The van der Waals surface area contributed by atoms with E-state index >= 15 is 0 Å². The van der Waals surface area contributed by atoms with Crippen molar-refractivity contribution in [3.63, 3.8) is 0 Å². The van der Waals surface area contributed by atoms with E-state index < -0.39 is 0 Å². The molecule has 0 saturated carbocycles. The predicted octanol–water partition coefficient (Wildman–Crippen LogP) is 2.87. The fourth-order valence-corrected chi connectivity index (χ4v) is 4.01. The molecule has 0 bridgehead atoms. The van der Waals surface area contributed by atoms with E-state index in [1.54, 1.807) is 0 Å². The fraction of sp³-hybridized carbons (Fsp3) is 0.190. The Kier molecular flexibility index (Phi) is 3.65. The van der Waals surface area contributed by atoms with Gasteiger partial charge in [-0.25, -0.2) is 14.6 Å². The quantitative estimate of drug-likeness (QED) is 0.588. The number of rotatable bonds is 3. The average molecular weight is 356 g/mol. The molecule has 0 saturated heterocycles. The molecule has 0 radical (unpaired) electrons. The van der Waals surface area contributed by atoms with Crippen molar-refractivity contribution in [3.05, 3.63) is 71.5 Å². The standard InChI is InChI=1S/C21H20N6/c22-11-13-4-3-7-16(8-13)19-18-20(23)24-12-25-21(18)27(26-19)17-9-14-5-1-2-6-15(14)10-17/h1-8,12,17H,9-11,22H2,(H2,23,24,25). The van der Waals surface area contributed by atoms with Crippen LogP contribution in [0, 0.1) is 0 Å². The first kappa shape index (κ1) is 16.0. The zero-order valence-corrected chi connectivity index (χ0v) is 14.8. The summed E-state index contributed by atoms with van der Waals surface area (Å²) >= 11 is 0. The summed E-state index contributed by atoms with van der Waals surface area (Å²) in [6.45, 7) is 0.483. The largest absolute Gasteiger partial charge is 0.383 e. The van der Waals surface area contributed by atoms with Crippen LogP contribution in [0.3, 0.4) is 0 Å². The van der Waals surface area contributed by atoms with Gasteiger partial charge in [0, 0.05) is 12.1 Å². The van der Waals surface area contributed by atoms with Crippen molar-refractivity contribution in [1.29, 1.82) is 0 Å². The monoisotopic (exact) mass is 356 g/mol. The Morgan fingerprint density at radius 1 is 1.00 bits per heavy atom. The molecule has 0 atom stereocenters. The highest BCUT2D eigenvalue weighted by Crippen LogP contribution is 2.36. The number of nitrogens with two attached hydrogens (primary N) is 2. The zero-order chi connectivity index (χ0) is 18.4. The van der Waals surface area contributed by atoms with E-state index in [-0.39, 0.29) is 6.04 Å². The van der Waals surface area contributed by atoms with Gasteiger partial charge >= 0.3 is 0 Å². The lowest BCUT2D eigenvalue weighted by Gasteiger charge is -2.10. The minimum Gasteiger partial charge on any atom is -0.383 e. The Bertz CT molecular complexity index is 1120. The van der Waals surface area contributed by atoms with Crippen LogP contribution in [-0.4, -0.2) is 19.7 Å². The third-order valence-corrected chi connectivity index (χ3v) is 5.33. The van der Waals surface area contributed by atoms with Crippen molar-refractivity contribution in [2.24, 2.45) is 5.73 Å². The second-order valence-electron chi connectivity index (χ2n) is 6.99. The SMILES string of the molecule is NCc1cccc(-c2nn(C3Cc4ccccc4C3)c3ncnc(N)c23)c1. The molecule has 2 heterocycles. The molecule has 0 amide bonds. The summed E-state index contributed by atoms with van der Waals surface area (Å²) in [7, 11) is 0. The van der Waals surface area contributed by atoms with Gasteiger partial charge in [-0.2, -0.15) is 5.10 Å². The molecule has 5 rings (SSSR count). The van der Waals surface area contributed by atoms with Crippen molar-refractivity contribution in [3.8, 4) is 11.3 Å². The summed E-state index contributed by atoms with van der Waals surface area (Å²) in [5.41, 5.74) is 18.4. The van der Waals surface area contributed by atoms with Gasteiger partial charge in [0.05, 0.1) is 11.4 Å². The molecule has 4 aromatic rings. The molecule has 6 heteroatoms. The molecule has 134 valence electrons. The van der Waals surface area contributed by atoms with Gasteiger partial charge in [0.1, 0.15) is 17.8 Å². The first-order chi connectivity index (χ1) is 13.2. The summed E-state index contributed by atoms with van der Waals surface area (Å²) in [5, 5.41) is 5.76. The number of nitrogen functional groups attached to an aromatic ring is 1. The normalized spacial score (nSPS) is 14.0. The smallest absolute Gasteiger partial charge is 0.164 e. The number of hydrogen-bond donors (Lipinski definition) is 2. The van der Waals surface area contributed by atoms with Crippen LogP contribution in [0.5, 0.6) is 0 Å². The van der Waals surface area contributed by atoms with Gasteiger partial charge in [0.2, 0.25) is 0 Å². The number of benzene rings is 2. The molecule has 1 aliphatic rings. The Morgan fingerprint density at radius 3 is 2.52 bits per heavy atom. The highest BCUT2D eigenvalue weighted by atomic mass is 15.3. The van der Waals surface area contributed by atoms with Gasteiger partial charge < -0.3 is 11.5 Å². The van der Waals surface area contributed by atoms with E-state index in [0.717, 1.165) is 40.7 Å². The predicted molar refractivity (Wildman–Crippen MR) is 106 cm³/mol. The van der Waals surface area contributed by atoms with Crippen LogP contribution < -0.4 is 11.5 Å². The molecule has 0 fully saturated rings. The molecular weight excluding hydrogens is 336 g/mol. The first-order valence-corrected chi connectivity index (χ1v) is 9.09. The molecule has 0 spiro atoms. The molecule has 4 N–H and O–H groups in total. The van der Waals surface area contributed by atoms with Crippen LogP contribution >= 0.6 is 0 Å². The van der Waals surface area contributed by atoms with Crippen LogP contribution in [0.25, 0.3) is 22.3 Å². The number of nitrogens with zero attached hydrogens (tertiary/aromatic N) is 4. The van der Waals surface area contributed by atoms with E-state index in [4.69, 9.17) is 16.6 Å². The molecular formula is C21H20N6. The number of fused-ring (bicyclic) bond motifs is 2. The lowest BCUT2D eigenvalue weighted by molar-refractivity contribution is 0.488. The number of hydrogen-bond acceptors (Lipinski definition) is 5. The summed E-state index contributed by atoms with van der Waals surface area (Å²) in [6, 6.07) is 16.9. The lowest BCUT2D eigenvalue weighted by Crippen LogP contribution is -2.11. The minimum atomic E-state index is 0.227. The van der Waals surface area contributed by atoms with Crippen LogP contribution in [0.15, 0.2) is 54.9 Å². The topological polar surface area (TPSA) is 95.6 Å². The lowest BCUT2D eigenvalue weighted by atomic mass is 10.1. The van der Waals surface area contributed by atoms with Crippen molar-refractivity contribution in [2.45, 2.75) is 25.4 Å². The summed E-state index contributed by atoms with van der Waals surface area (Å²) in [4.78, 5) is 8.73. The van der Waals surface area contributed by atoms with Gasteiger partial charge in [-0.05, 0) is 35.6 Å².